The number of carboxylic acid groups (broad SMARTS) is 1. The number of aromatic carboxylic acids is 1. The first-order chi connectivity index (χ1) is 13.1. The van der Waals surface area contributed by atoms with Crippen molar-refractivity contribution in [2.75, 3.05) is 5.32 Å². The average Bonchev–Trinajstić information content (AvgIpc) is 3.12. The number of aromatic hydroxyl groups is 1. The van der Waals surface area contributed by atoms with Crippen molar-refractivity contribution in [3.63, 3.8) is 0 Å². The van der Waals surface area contributed by atoms with Gasteiger partial charge in [-0.1, -0.05) is 12.1 Å². The van der Waals surface area contributed by atoms with Gasteiger partial charge in [0.25, 0.3) is 0 Å². The lowest BCUT2D eigenvalue weighted by atomic mass is 10.1. The molecular formula is C20H16N4O3. The number of carboxylic acids is 1. The van der Waals surface area contributed by atoms with Crippen LogP contribution in [0.3, 0.4) is 0 Å². The van der Waals surface area contributed by atoms with Crippen LogP contribution in [0.5, 0.6) is 5.75 Å². The molecule has 27 heavy (non-hydrogen) atoms. The van der Waals surface area contributed by atoms with Crippen molar-refractivity contribution >= 4 is 17.4 Å². The zero-order chi connectivity index (χ0) is 18.8. The van der Waals surface area contributed by atoms with Crippen molar-refractivity contribution in [2.24, 2.45) is 0 Å². The monoisotopic (exact) mass is 360 g/mol. The molecule has 0 radical (unpaired) electrons. The second-order valence-corrected chi connectivity index (χ2v) is 6.02. The van der Waals surface area contributed by atoms with E-state index in [9.17, 15) is 9.90 Å². The molecule has 0 aliphatic carbocycles. The lowest BCUT2D eigenvalue weighted by molar-refractivity contribution is 0.0697. The minimum atomic E-state index is -0.944. The van der Waals surface area contributed by atoms with Crippen LogP contribution in [0.25, 0.3) is 16.9 Å². The minimum Gasteiger partial charge on any atom is -0.508 e. The maximum Gasteiger partial charge on any atom is 0.335 e. The quantitative estimate of drug-likeness (QED) is 0.504. The van der Waals surface area contributed by atoms with E-state index in [4.69, 9.17) is 5.11 Å². The summed E-state index contributed by atoms with van der Waals surface area (Å²) in [4.78, 5) is 19.8. The third-order valence-corrected chi connectivity index (χ3v) is 4.25. The van der Waals surface area contributed by atoms with Crippen LogP contribution in [0, 0.1) is 0 Å². The van der Waals surface area contributed by atoms with E-state index >= 15 is 0 Å². The van der Waals surface area contributed by atoms with E-state index in [-0.39, 0.29) is 11.3 Å². The molecule has 4 rings (SSSR count). The van der Waals surface area contributed by atoms with Crippen LogP contribution < -0.4 is 5.32 Å². The summed E-state index contributed by atoms with van der Waals surface area (Å²) in [6.45, 7) is 0.494. The lowest BCUT2D eigenvalue weighted by Gasteiger charge is -2.08. The number of nitrogens with one attached hydrogen (secondary N) is 1. The molecule has 0 amide bonds. The summed E-state index contributed by atoms with van der Waals surface area (Å²) in [5.41, 5.74) is 3.70. The van der Waals surface area contributed by atoms with Gasteiger partial charge in [0.15, 0.2) is 11.5 Å². The van der Waals surface area contributed by atoms with Gasteiger partial charge in [-0.3, -0.25) is 4.40 Å². The largest absolute Gasteiger partial charge is 0.508 e. The predicted molar refractivity (Wildman–Crippen MR) is 101 cm³/mol. The number of phenolic OH excluding ortho intramolecular Hbond substituents is 1. The first kappa shape index (κ1) is 16.6. The van der Waals surface area contributed by atoms with E-state index in [1.165, 1.54) is 0 Å². The summed E-state index contributed by atoms with van der Waals surface area (Å²) < 4.78 is 1.93. The zero-order valence-electron chi connectivity index (χ0n) is 14.2. The molecule has 0 atom stereocenters. The van der Waals surface area contributed by atoms with Crippen LogP contribution in [0.2, 0.25) is 0 Å². The Balaban J connectivity index is 1.59. The number of imidazole rings is 1. The topological polar surface area (TPSA) is 99.8 Å². The van der Waals surface area contributed by atoms with Crippen molar-refractivity contribution in [1.82, 2.24) is 14.4 Å². The summed E-state index contributed by atoms with van der Waals surface area (Å²) in [7, 11) is 0. The molecule has 0 saturated carbocycles. The van der Waals surface area contributed by atoms with Crippen LogP contribution in [0.4, 0.5) is 5.82 Å². The highest BCUT2D eigenvalue weighted by molar-refractivity contribution is 5.87. The standard InChI is InChI=1S/C20H16N4O3/c25-16-7-5-14(6-8-16)17-12-23-19-18(21-9-10-24(17)19)22-11-13-1-3-15(4-2-13)20(26)27/h1-10,12,25H,11H2,(H,21,22)(H,26,27). The molecule has 2 aromatic heterocycles. The van der Waals surface area contributed by atoms with Gasteiger partial charge in [-0.15, -0.1) is 0 Å². The Labute approximate surface area is 154 Å². The van der Waals surface area contributed by atoms with Crippen LogP contribution >= 0.6 is 0 Å². The summed E-state index contributed by atoms with van der Waals surface area (Å²) >= 11 is 0. The van der Waals surface area contributed by atoms with E-state index in [1.807, 2.05) is 22.7 Å². The van der Waals surface area contributed by atoms with Crippen molar-refractivity contribution in [1.29, 1.82) is 0 Å². The van der Waals surface area contributed by atoms with Crippen molar-refractivity contribution in [2.45, 2.75) is 6.54 Å². The molecule has 4 aromatic rings. The van der Waals surface area contributed by atoms with Crippen LogP contribution in [-0.4, -0.2) is 30.6 Å². The van der Waals surface area contributed by atoms with Crippen LogP contribution in [0.1, 0.15) is 15.9 Å². The van der Waals surface area contributed by atoms with Gasteiger partial charge in [0.05, 0.1) is 17.5 Å². The Morgan fingerprint density at radius 2 is 1.78 bits per heavy atom. The number of phenols is 1. The van der Waals surface area contributed by atoms with Gasteiger partial charge in [0.2, 0.25) is 0 Å². The Kier molecular flexibility index (Phi) is 4.18. The van der Waals surface area contributed by atoms with E-state index in [0.717, 1.165) is 16.8 Å². The number of rotatable bonds is 5. The Hall–Kier alpha value is -3.87. The number of fused-ring (bicyclic) bond motifs is 1. The summed E-state index contributed by atoms with van der Waals surface area (Å²) in [5.74, 6) is -0.101. The second-order valence-electron chi connectivity index (χ2n) is 6.02. The molecule has 0 fully saturated rings. The zero-order valence-corrected chi connectivity index (χ0v) is 14.2. The molecule has 7 nitrogen and oxygen atoms in total. The molecule has 134 valence electrons. The number of nitrogens with zero attached hydrogens (tertiary/aromatic N) is 3. The summed E-state index contributed by atoms with van der Waals surface area (Å²) in [6.07, 6.45) is 5.28. The van der Waals surface area contributed by atoms with Crippen LogP contribution in [-0.2, 0) is 6.54 Å². The number of benzene rings is 2. The number of hydrogen-bond acceptors (Lipinski definition) is 5. The lowest BCUT2D eigenvalue weighted by Crippen LogP contribution is -2.04. The minimum absolute atomic E-state index is 0.213. The van der Waals surface area contributed by atoms with Gasteiger partial charge in [0.1, 0.15) is 5.75 Å². The maximum atomic E-state index is 10.9. The fourth-order valence-corrected chi connectivity index (χ4v) is 2.84. The van der Waals surface area contributed by atoms with Crippen molar-refractivity contribution in [3.8, 4) is 17.0 Å². The molecule has 0 unspecified atom stereocenters. The third kappa shape index (κ3) is 3.30. The molecule has 7 heteroatoms. The molecule has 2 heterocycles. The molecule has 2 aromatic carbocycles. The van der Waals surface area contributed by atoms with Crippen molar-refractivity contribution in [3.05, 3.63) is 78.2 Å². The van der Waals surface area contributed by atoms with E-state index in [1.54, 1.807) is 48.8 Å². The summed E-state index contributed by atoms with van der Waals surface area (Å²) in [6, 6.07) is 13.6. The Morgan fingerprint density at radius 3 is 2.48 bits per heavy atom. The fraction of sp³-hybridized carbons (Fsp3) is 0.0500. The number of hydrogen-bond donors (Lipinski definition) is 3. The molecule has 3 N–H and O–H groups in total. The number of anilines is 1. The third-order valence-electron chi connectivity index (χ3n) is 4.25. The predicted octanol–water partition coefficient (Wildman–Crippen LogP) is 3.41. The maximum absolute atomic E-state index is 10.9. The van der Waals surface area contributed by atoms with Gasteiger partial charge in [-0.05, 0) is 42.0 Å². The number of aromatic nitrogens is 3. The molecular weight excluding hydrogens is 344 g/mol. The molecule has 0 bridgehead atoms. The second kappa shape index (κ2) is 6.80. The summed E-state index contributed by atoms with van der Waals surface area (Å²) in [5, 5.41) is 21.7. The SMILES string of the molecule is O=C(O)c1ccc(CNc2nccn3c(-c4ccc(O)cc4)cnc23)cc1. The highest BCUT2D eigenvalue weighted by Gasteiger charge is 2.10. The first-order valence-electron chi connectivity index (χ1n) is 8.29. The van der Waals surface area contributed by atoms with E-state index < -0.39 is 5.97 Å². The van der Waals surface area contributed by atoms with Gasteiger partial charge < -0.3 is 15.5 Å². The molecule has 0 aliphatic heterocycles. The highest BCUT2D eigenvalue weighted by Crippen LogP contribution is 2.25. The van der Waals surface area contributed by atoms with Gasteiger partial charge in [-0.25, -0.2) is 14.8 Å². The van der Waals surface area contributed by atoms with Crippen LogP contribution in [0.15, 0.2) is 67.1 Å². The number of carbonyl (C=O) groups is 1. The fourth-order valence-electron chi connectivity index (χ4n) is 2.84. The first-order valence-corrected chi connectivity index (χ1v) is 8.29. The van der Waals surface area contributed by atoms with Gasteiger partial charge >= 0.3 is 5.97 Å². The molecule has 0 spiro atoms. The van der Waals surface area contributed by atoms with Crippen molar-refractivity contribution < 1.29 is 15.0 Å². The highest BCUT2D eigenvalue weighted by atomic mass is 16.4. The normalized spacial score (nSPS) is 10.8. The van der Waals surface area contributed by atoms with Gasteiger partial charge in [0, 0.05) is 24.5 Å². The average molecular weight is 360 g/mol. The van der Waals surface area contributed by atoms with Gasteiger partial charge in [-0.2, -0.15) is 0 Å². The Bertz CT molecular complexity index is 1100. The molecule has 0 saturated heterocycles. The Morgan fingerprint density at radius 1 is 1.04 bits per heavy atom. The smallest absolute Gasteiger partial charge is 0.335 e. The molecule has 0 aliphatic rings. The van der Waals surface area contributed by atoms with E-state index in [2.05, 4.69) is 15.3 Å². The van der Waals surface area contributed by atoms with E-state index in [0.29, 0.717) is 18.0 Å².